The third-order valence-corrected chi connectivity index (χ3v) is 4.20. The molecule has 1 N–H and O–H groups in total. The molecular formula is C21H24N2O3. The lowest BCUT2D eigenvalue weighted by Gasteiger charge is -2.21. The minimum absolute atomic E-state index is 0.0289. The molecule has 0 aliphatic heterocycles. The maximum Gasteiger partial charge on any atom is 0.226 e. The highest BCUT2D eigenvalue weighted by Gasteiger charge is 2.14. The summed E-state index contributed by atoms with van der Waals surface area (Å²) in [5.41, 5.74) is 4.11. The molecule has 0 fully saturated rings. The molecule has 5 nitrogen and oxygen atoms in total. The van der Waals surface area contributed by atoms with Crippen LogP contribution in [0.5, 0.6) is 0 Å². The Morgan fingerprint density at radius 3 is 2.19 bits per heavy atom. The number of nitrogens with one attached hydrogen (secondary N) is 1. The number of carbonyl (C=O) groups excluding carboxylic acids is 3. The molecule has 2 aromatic carbocycles. The predicted molar refractivity (Wildman–Crippen MR) is 104 cm³/mol. The molecule has 0 spiro atoms. The Morgan fingerprint density at radius 1 is 0.962 bits per heavy atom. The van der Waals surface area contributed by atoms with Crippen molar-refractivity contribution in [2.45, 2.75) is 34.1 Å². The highest BCUT2D eigenvalue weighted by atomic mass is 16.2. The van der Waals surface area contributed by atoms with Gasteiger partial charge in [0.15, 0.2) is 5.78 Å². The fourth-order valence-corrected chi connectivity index (χ4v) is 2.64. The number of hydrogen-bond acceptors (Lipinski definition) is 3. The second kappa shape index (κ2) is 8.43. The predicted octanol–water partition coefficient (Wildman–Crippen LogP) is 3.89. The molecule has 2 aromatic rings. The fraction of sp³-hybridized carbons (Fsp3) is 0.286. The Balaban J connectivity index is 2.04. The second-order valence-corrected chi connectivity index (χ2v) is 6.39. The molecule has 0 saturated carbocycles. The summed E-state index contributed by atoms with van der Waals surface area (Å²) in [6.45, 7) is 7.13. The number of benzene rings is 2. The van der Waals surface area contributed by atoms with E-state index in [0.717, 1.165) is 16.8 Å². The van der Waals surface area contributed by atoms with Crippen molar-refractivity contribution in [1.29, 1.82) is 0 Å². The lowest BCUT2D eigenvalue weighted by atomic mass is 10.1. The van der Waals surface area contributed by atoms with E-state index >= 15 is 0 Å². The first-order valence-corrected chi connectivity index (χ1v) is 8.54. The van der Waals surface area contributed by atoms with Crippen LogP contribution in [0.15, 0.2) is 42.5 Å². The number of Topliss-reactive ketones (excluding diaryl/α,β-unsaturated/α-hetero) is 1. The first kappa shape index (κ1) is 19.4. The first-order chi connectivity index (χ1) is 12.3. The Labute approximate surface area is 154 Å². The zero-order valence-electron chi connectivity index (χ0n) is 15.6. The Bertz CT molecular complexity index is 826. The van der Waals surface area contributed by atoms with Gasteiger partial charge in [0.05, 0.1) is 0 Å². The maximum absolute atomic E-state index is 12.3. The van der Waals surface area contributed by atoms with Crippen molar-refractivity contribution in [3.05, 3.63) is 59.2 Å². The van der Waals surface area contributed by atoms with E-state index in [9.17, 15) is 14.4 Å². The number of rotatable bonds is 6. The van der Waals surface area contributed by atoms with E-state index in [1.807, 2.05) is 32.0 Å². The van der Waals surface area contributed by atoms with Gasteiger partial charge in [-0.15, -0.1) is 0 Å². The molecule has 0 aromatic heterocycles. The Morgan fingerprint density at radius 2 is 1.62 bits per heavy atom. The fourth-order valence-electron chi connectivity index (χ4n) is 2.64. The molecule has 0 aliphatic rings. The van der Waals surface area contributed by atoms with Crippen LogP contribution in [0.3, 0.4) is 0 Å². The van der Waals surface area contributed by atoms with Crippen molar-refractivity contribution in [3.8, 4) is 0 Å². The molecule has 0 bridgehead atoms. The number of carbonyl (C=O) groups is 3. The number of ketones is 1. The number of aryl methyl sites for hydroxylation is 2. The summed E-state index contributed by atoms with van der Waals surface area (Å²) in [5.74, 6) is -0.329. The van der Waals surface area contributed by atoms with E-state index in [2.05, 4.69) is 5.32 Å². The molecule has 0 radical (unpaired) electrons. The van der Waals surface area contributed by atoms with Gasteiger partial charge in [-0.25, -0.2) is 0 Å². The van der Waals surface area contributed by atoms with Gasteiger partial charge < -0.3 is 10.2 Å². The molecule has 0 unspecified atom stereocenters. The monoisotopic (exact) mass is 352 g/mol. The van der Waals surface area contributed by atoms with Gasteiger partial charge in [0.25, 0.3) is 0 Å². The van der Waals surface area contributed by atoms with E-state index in [0.29, 0.717) is 11.3 Å². The van der Waals surface area contributed by atoms with Crippen LogP contribution in [0.4, 0.5) is 11.4 Å². The van der Waals surface area contributed by atoms with E-state index in [-0.39, 0.29) is 30.6 Å². The number of amides is 2. The Hall–Kier alpha value is -2.95. The normalized spacial score (nSPS) is 10.3. The second-order valence-electron chi connectivity index (χ2n) is 6.39. The molecule has 5 heteroatoms. The van der Waals surface area contributed by atoms with Gasteiger partial charge in [-0.1, -0.05) is 12.1 Å². The summed E-state index contributed by atoms with van der Waals surface area (Å²) in [7, 11) is 0. The van der Waals surface area contributed by atoms with Gasteiger partial charge in [-0.3, -0.25) is 14.4 Å². The van der Waals surface area contributed by atoms with Gasteiger partial charge in [0, 0.05) is 36.8 Å². The summed E-state index contributed by atoms with van der Waals surface area (Å²) >= 11 is 0. The molecule has 2 rings (SSSR count). The summed E-state index contributed by atoms with van der Waals surface area (Å²) in [6.07, 6.45) is 0.182. The van der Waals surface area contributed by atoms with Crippen LogP contribution < -0.4 is 10.2 Å². The SMILES string of the molecule is CC(=O)c1ccc(N(CCC(=O)Nc2cc(C)ccc2C)C(C)=O)cc1. The third-order valence-electron chi connectivity index (χ3n) is 4.20. The van der Waals surface area contributed by atoms with E-state index < -0.39 is 0 Å². The maximum atomic E-state index is 12.3. The van der Waals surface area contributed by atoms with Gasteiger partial charge in [0.1, 0.15) is 0 Å². The highest BCUT2D eigenvalue weighted by Crippen LogP contribution is 2.18. The van der Waals surface area contributed by atoms with Crippen molar-refractivity contribution in [2.75, 3.05) is 16.8 Å². The smallest absolute Gasteiger partial charge is 0.226 e. The van der Waals surface area contributed by atoms with Crippen LogP contribution >= 0.6 is 0 Å². The summed E-state index contributed by atoms with van der Waals surface area (Å²) in [5, 5.41) is 2.90. The van der Waals surface area contributed by atoms with Crippen LogP contribution in [-0.2, 0) is 9.59 Å². The lowest BCUT2D eigenvalue weighted by Crippen LogP contribution is -2.32. The summed E-state index contributed by atoms with van der Waals surface area (Å²) < 4.78 is 0. The average molecular weight is 352 g/mol. The van der Waals surface area contributed by atoms with Crippen LogP contribution in [0, 0.1) is 13.8 Å². The van der Waals surface area contributed by atoms with Crippen molar-refractivity contribution in [3.63, 3.8) is 0 Å². The number of anilines is 2. The largest absolute Gasteiger partial charge is 0.326 e. The van der Waals surface area contributed by atoms with Crippen LogP contribution in [0.25, 0.3) is 0 Å². The zero-order valence-corrected chi connectivity index (χ0v) is 15.6. The standard InChI is InChI=1S/C21H24N2O3/c1-14-5-6-15(2)20(13-14)22-21(26)11-12-23(17(4)25)19-9-7-18(8-10-19)16(3)24/h5-10,13H,11-12H2,1-4H3,(H,22,26). The van der Waals surface area contributed by atoms with Crippen LogP contribution in [0.1, 0.15) is 41.8 Å². The molecule has 0 heterocycles. The molecule has 0 saturated heterocycles. The van der Waals surface area contributed by atoms with E-state index in [1.165, 1.54) is 18.7 Å². The molecule has 2 amide bonds. The minimum atomic E-state index is -0.153. The molecule has 136 valence electrons. The topological polar surface area (TPSA) is 66.5 Å². The quantitative estimate of drug-likeness (QED) is 0.802. The zero-order chi connectivity index (χ0) is 19.3. The van der Waals surface area contributed by atoms with Gasteiger partial charge in [-0.05, 0) is 62.2 Å². The van der Waals surface area contributed by atoms with Crippen molar-refractivity contribution >= 4 is 29.0 Å². The minimum Gasteiger partial charge on any atom is -0.326 e. The molecule has 0 aliphatic carbocycles. The van der Waals surface area contributed by atoms with E-state index in [4.69, 9.17) is 0 Å². The Kier molecular flexibility index (Phi) is 6.28. The first-order valence-electron chi connectivity index (χ1n) is 8.54. The molecule has 0 atom stereocenters. The molecular weight excluding hydrogens is 328 g/mol. The van der Waals surface area contributed by atoms with Crippen LogP contribution in [-0.4, -0.2) is 24.1 Å². The van der Waals surface area contributed by atoms with Crippen LogP contribution in [0.2, 0.25) is 0 Å². The van der Waals surface area contributed by atoms with E-state index in [1.54, 1.807) is 24.3 Å². The van der Waals surface area contributed by atoms with Gasteiger partial charge in [-0.2, -0.15) is 0 Å². The van der Waals surface area contributed by atoms with Crippen molar-refractivity contribution in [2.24, 2.45) is 0 Å². The third kappa shape index (κ3) is 5.02. The van der Waals surface area contributed by atoms with Gasteiger partial charge in [0.2, 0.25) is 11.8 Å². The van der Waals surface area contributed by atoms with Gasteiger partial charge >= 0.3 is 0 Å². The number of hydrogen-bond donors (Lipinski definition) is 1. The lowest BCUT2D eigenvalue weighted by molar-refractivity contribution is -0.117. The number of nitrogens with zero attached hydrogens (tertiary/aromatic N) is 1. The highest BCUT2D eigenvalue weighted by molar-refractivity contribution is 5.97. The summed E-state index contributed by atoms with van der Waals surface area (Å²) in [6, 6.07) is 12.7. The molecule has 26 heavy (non-hydrogen) atoms. The summed E-state index contributed by atoms with van der Waals surface area (Å²) in [4.78, 5) is 37.1. The van der Waals surface area contributed by atoms with Crippen molar-refractivity contribution < 1.29 is 14.4 Å². The van der Waals surface area contributed by atoms with Crippen molar-refractivity contribution in [1.82, 2.24) is 0 Å². The average Bonchev–Trinajstić information content (AvgIpc) is 2.58.